The summed E-state index contributed by atoms with van der Waals surface area (Å²) in [5.41, 5.74) is 4.94. The fourth-order valence-electron chi connectivity index (χ4n) is 2.18. The van der Waals surface area contributed by atoms with E-state index in [0.717, 1.165) is 6.07 Å². The zero-order valence-electron chi connectivity index (χ0n) is 11.2. The molecule has 116 valence electrons. The molecule has 1 saturated heterocycles. The SMILES string of the molecule is NC(=O)NCc1ccc(C(F)(F)F)c(N2CCOCC2)c1. The molecule has 8 heteroatoms. The molecule has 0 saturated carbocycles. The standard InChI is InChI=1S/C13H16F3N3O2/c14-13(15,16)10-2-1-9(8-18-12(17)20)7-11(10)19-3-5-21-6-4-19/h1-2,7H,3-6,8H2,(H3,17,18,20). The van der Waals surface area contributed by atoms with Crippen LogP contribution in [0.1, 0.15) is 11.1 Å². The van der Waals surface area contributed by atoms with Crippen LogP contribution in [0.15, 0.2) is 18.2 Å². The predicted octanol–water partition coefficient (Wildman–Crippen LogP) is 1.71. The van der Waals surface area contributed by atoms with Crippen molar-refractivity contribution in [2.24, 2.45) is 5.73 Å². The van der Waals surface area contributed by atoms with Gasteiger partial charge in [-0.2, -0.15) is 13.2 Å². The van der Waals surface area contributed by atoms with Gasteiger partial charge in [-0.1, -0.05) is 6.07 Å². The second kappa shape index (κ2) is 6.21. The van der Waals surface area contributed by atoms with Crippen LogP contribution in [0, 0.1) is 0 Å². The zero-order valence-corrected chi connectivity index (χ0v) is 11.2. The number of amides is 2. The van der Waals surface area contributed by atoms with Crippen LogP contribution in [0.5, 0.6) is 0 Å². The molecular weight excluding hydrogens is 287 g/mol. The number of hydrogen-bond donors (Lipinski definition) is 2. The largest absolute Gasteiger partial charge is 0.418 e. The van der Waals surface area contributed by atoms with Crippen LogP contribution in [-0.4, -0.2) is 32.3 Å². The van der Waals surface area contributed by atoms with Gasteiger partial charge in [-0.3, -0.25) is 0 Å². The number of alkyl halides is 3. The van der Waals surface area contributed by atoms with Crippen LogP contribution in [0.2, 0.25) is 0 Å². The van der Waals surface area contributed by atoms with Gasteiger partial charge >= 0.3 is 12.2 Å². The number of rotatable bonds is 3. The molecule has 1 heterocycles. The highest BCUT2D eigenvalue weighted by Crippen LogP contribution is 2.37. The molecule has 2 rings (SSSR count). The van der Waals surface area contributed by atoms with Gasteiger partial charge in [-0.15, -0.1) is 0 Å². The third kappa shape index (κ3) is 4.01. The first-order valence-corrected chi connectivity index (χ1v) is 6.44. The summed E-state index contributed by atoms with van der Waals surface area (Å²) in [6.07, 6.45) is -4.43. The average molecular weight is 303 g/mol. The molecule has 5 nitrogen and oxygen atoms in total. The van der Waals surface area contributed by atoms with E-state index in [1.807, 2.05) is 0 Å². The number of nitrogens with one attached hydrogen (secondary N) is 1. The van der Waals surface area contributed by atoms with E-state index >= 15 is 0 Å². The number of primary amides is 1. The smallest absolute Gasteiger partial charge is 0.378 e. The quantitative estimate of drug-likeness (QED) is 0.893. The van der Waals surface area contributed by atoms with Gasteiger partial charge in [0.25, 0.3) is 0 Å². The van der Waals surface area contributed by atoms with E-state index < -0.39 is 17.8 Å². The highest BCUT2D eigenvalue weighted by atomic mass is 19.4. The number of benzene rings is 1. The lowest BCUT2D eigenvalue weighted by Crippen LogP contribution is -2.37. The van der Waals surface area contributed by atoms with Crippen molar-refractivity contribution < 1.29 is 22.7 Å². The maximum Gasteiger partial charge on any atom is 0.418 e. The molecule has 1 aromatic carbocycles. The number of ether oxygens (including phenoxy) is 1. The first-order chi connectivity index (χ1) is 9.88. The number of halogens is 3. The van der Waals surface area contributed by atoms with Crippen LogP contribution >= 0.6 is 0 Å². The molecule has 2 amide bonds. The van der Waals surface area contributed by atoms with Crippen molar-refractivity contribution in [1.29, 1.82) is 0 Å². The van der Waals surface area contributed by atoms with Gasteiger partial charge in [-0.05, 0) is 17.7 Å². The molecule has 1 aromatic rings. The Labute approximate surface area is 119 Å². The fourth-order valence-corrected chi connectivity index (χ4v) is 2.18. The summed E-state index contributed by atoms with van der Waals surface area (Å²) in [7, 11) is 0. The van der Waals surface area contributed by atoms with Crippen LogP contribution in [0.3, 0.4) is 0 Å². The van der Waals surface area contributed by atoms with Gasteiger partial charge in [0.2, 0.25) is 0 Å². The van der Waals surface area contributed by atoms with E-state index in [1.54, 1.807) is 4.90 Å². The van der Waals surface area contributed by atoms with Gasteiger partial charge in [0.1, 0.15) is 0 Å². The molecule has 1 fully saturated rings. The molecule has 3 N–H and O–H groups in total. The number of nitrogens with two attached hydrogens (primary N) is 1. The first kappa shape index (κ1) is 15.4. The van der Waals surface area contributed by atoms with E-state index in [9.17, 15) is 18.0 Å². The summed E-state index contributed by atoms with van der Waals surface area (Å²) in [6, 6.07) is 3.08. The summed E-state index contributed by atoms with van der Waals surface area (Å²) < 4.78 is 44.5. The molecule has 1 aliphatic heterocycles. The van der Waals surface area contributed by atoms with Crippen LogP contribution in [0.4, 0.5) is 23.7 Å². The van der Waals surface area contributed by atoms with Crippen molar-refractivity contribution in [1.82, 2.24) is 5.32 Å². The monoisotopic (exact) mass is 303 g/mol. The predicted molar refractivity (Wildman–Crippen MR) is 70.9 cm³/mol. The lowest BCUT2D eigenvalue weighted by Gasteiger charge is -2.31. The number of urea groups is 1. The molecule has 0 atom stereocenters. The van der Waals surface area contributed by atoms with E-state index in [-0.39, 0.29) is 12.2 Å². The van der Waals surface area contributed by atoms with E-state index in [4.69, 9.17) is 10.5 Å². The van der Waals surface area contributed by atoms with Crippen molar-refractivity contribution in [3.05, 3.63) is 29.3 Å². The summed E-state index contributed by atoms with van der Waals surface area (Å²) in [5.74, 6) is 0. The maximum absolute atomic E-state index is 13.1. The molecule has 0 aromatic heterocycles. The Morgan fingerprint density at radius 3 is 2.57 bits per heavy atom. The molecule has 0 unspecified atom stereocenters. The summed E-state index contributed by atoms with van der Waals surface area (Å²) >= 11 is 0. The summed E-state index contributed by atoms with van der Waals surface area (Å²) in [6.45, 7) is 1.67. The molecule has 0 spiro atoms. The maximum atomic E-state index is 13.1. The third-order valence-electron chi connectivity index (χ3n) is 3.19. The Balaban J connectivity index is 2.31. The molecule has 0 bridgehead atoms. The topological polar surface area (TPSA) is 67.6 Å². The molecule has 0 aliphatic carbocycles. The Morgan fingerprint density at radius 2 is 2.00 bits per heavy atom. The third-order valence-corrected chi connectivity index (χ3v) is 3.19. The molecule has 0 radical (unpaired) electrons. The lowest BCUT2D eigenvalue weighted by molar-refractivity contribution is -0.137. The number of nitrogens with zero attached hydrogens (tertiary/aromatic N) is 1. The van der Waals surface area contributed by atoms with Gasteiger partial charge < -0.3 is 20.7 Å². The van der Waals surface area contributed by atoms with Gasteiger partial charge in [0, 0.05) is 25.3 Å². The Kier molecular flexibility index (Phi) is 4.56. The van der Waals surface area contributed by atoms with Gasteiger partial charge in [0.05, 0.1) is 18.8 Å². The highest BCUT2D eigenvalue weighted by molar-refractivity contribution is 5.71. The molecule has 1 aliphatic rings. The van der Waals surface area contributed by atoms with Crippen molar-refractivity contribution in [2.45, 2.75) is 12.7 Å². The Morgan fingerprint density at radius 1 is 1.33 bits per heavy atom. The zero-order chi connectivity index (χ0) is 15.5. The van der Waals surface area contributed by atoms with E-state index in [2.05, 4.69) is 5.32 Å². The molecule has 21 heavy (non-hydrogen) atoms. The van der Waals surface area contributed by atoms with Crippen LogP contribution < -0.4 is 16.0 Å². The summed E-state index contributed by atoms with van der Waals surface area (Å²) in [5, 5.41) is 2.36. The number of morpholine rings is 1. The number of carbonyl (C=O) groups excluding carboxylic acids is 1. The van der Waals surface area contributed by atoms with E-state index in [0.29, 0.717) is 31.9 Å². The normalized spacial score (nSPS) is 15.9. The minimum atomic E-state index is -4.43. The van der Waals surface area contributed by atoms with Crippen molar-refractivity contribution in [3.63, 3.8) is 0 Å². The minimum Gasteiger partial charge on any atom is -0.378 e. The van der Waals surface area contributed by atoms with Crippen molar-refractivity contribution in [2.75, 3.05) is 31.2 Å². The lowest BCUT2D eigenvalue weighted by atomic mass is 10.1. The van der Waals surface area contributed by atoms with Crippen molar-refractivity contribution >= 4 is 11.7 Å². The van der Waals surface area contributed by atoms with Crippen molar-refractivity contribution in [3.8, 4) is 0 Å². The Bertz CT molecular complexity index is 514. The Hall–Kier alpha value is -1.96. The van der Waals surface area contributed by atoms with Crippen LogP contribution in [-0.2, 0) is 17.5 Å². The minimum absolute atomic E-state index is 0.0881. The number of carbonyl (C=O) groups is 1. The van der Waals surface area contributed by atoms with Gasteiger partial charge in [-0.25, -0.2) is 4.79 Å². The second-order valence-electron chi connectivity index (χ2n) is 4.67. The number of anilines is 1. The summed E-state index contributed by atoms with van der Waals surface area (Å²) in [4.78, 5) is 12.3. The van der Waals surface area contributed by atoms with Gasteiger partial charge in [0.15, 0.2) is 0 Å². The highest BCUT2D eigenvalue weighted by Gasteiger charge is 2.35. The second-order valence-corrected chi connectivity index (χ2v) is 4.67. The van der Waals surface area contributed by atoms with E-state index in [1.165, 1.54) is 12.1 Å². The average Bonchev–Trinajstić information content (AvgIpc) is 2.44. The first-order valence-electron chi connectivity index (χ1n) is 6.44. The van der Waals surface area contributed by atoms with Crippen LogP contribution in [0.25, 0.3) is 0 Å². The molecular formula is C13H16F3N3O2. The number of hydrogen-bond acceptors (Lipinski definition) is 3. The fraction of sp³-hybridized carbons (Fsp3) is 0.462.